The van der Waals surface area contributed by atoms with Crippen LogP contribution in [0.4, 0.5) is 0 Å². The first-order chi connectivity index (χ1) is 10.2. The molecule has 2 aliphatic heterocycles. The summed E-state index contributed by atoms with van der Waals surface area (Å²) in [7, 11) is 0. The smallest absolute Gasteiger partial charge is 0.242 e. The van der Waals surface area contributed by atoms with E-state index in [9.17, 15) is 9.90 Å². The number of hydrogen-bond acceptors (Lipinski definition) is 5. The molecular weight excluding hydrogens is 272 g/mol. The van der Waals surface area contributed by atoms with Crippen LogP contribution in [0.2, 0.25) is 0 Å². The summed E-state index contributed by atoms with van der Waals surface area (Å²) in [4.78, 5) is 13.9. The van der Waals surface area contributed by atoms with Crippen LogP contribution >= 0.6 is 0 Å². The Morgan fingerprint density at radius 3 is 2.57 bits per heavy atom. The summed E-state index contributed by atoms with van der Waals surface area (Å²) in [6.45, 7) is 2.44. The van der Waals surface area contributed by atoms with E-state index in [2.05, 4.69) is 0 Å². The van der Waals surface area contributed by atoms with E-state index in [1.165, 1.54) is 0 Å². The lowest BCUT2D eigenvalue weighted by Gasteiger charge is -2.25. The average Bonchev–Trinajstić information content (AvgIpc) is 3.06. The maximum absolute atomic E-state index is 12.2. The zero-order chi connectivity index (χ0) is 14.8. The Labute approximate surface area is 123 Å². The van der Waals surface area contributed by atoms with E-state index in [0.717, 1.165) is 25.9 Å². The van der Waals surface area contributed by atoms with Crippen molar-refractivity contribution in [2.75, 3.05) is 26.3 Å². The molecule has 0 aromatic heterocycles. The summed E-state index contributed by atoms with van der Waals surface area (Å²) in [6, 6.07) is 4.19. The van der Waals surface area contributed by atoms with Crippen molar-refractivity contribution < 1.29 is 19.4 Å². The molecule has 114 valence electrons. The normalized spacial score (nSPS) is 20.2. The SMILES string of the molecule is N[C@@H](C(=O)N1CCCC1)C(O)c1ccc2c(c1)OCCO2. The van der Waals surface area contributed by atoms with Gasteiger partial charge in [0.25, 0.3) is 0 Å². The van der Waals surface area contributed by atoms with Gasteiger partial charge in [-0.05, 0) is 30.5 Å². The number of aliphatic hydroxyl groups is 1. The lowest BCUT2D eigenvalue weighted by atomic mass is 10.0. The first kappa shape index (κ1) is 14.2. The maximum Gasteiger partial charge on any atom is 0.242 e. The second-order valence-corrected chi connectivity index (χ2v) is 5.41. The minimum Gasteiger partial charge on any atom is -0.486 e. The van der Waals surface area contributed by atoms with Crippen molar-refractivity contribution in [1.82, 2.24) is 4.90 Å². The minimum absolute atomic E-state index is 0.199. The van der Waals surface area contributed by atoms with Crippen molar-refractivity contribution >= 4 is 5.91 Å². The Morgan fingerprint density at radius 2 is 1.86 bits per heavy atom. The predicted molar refractivity (Wildman–Crippen MR) is 76.2 cm³/mol. The first-order valence-electron chi connectivity index (χ1n) is 7.29. The van der Waals surface area contributed by atoms with Crippen LogP contribution in [0.1, 0.15) is 24.5 Å². The fourth-order valence-corrected chi connectivity index (χ4v) is 2.73. The van der Waals surface area contributed by atoms with Crippen LogP contribution in [0.5, 0.6) is 11.5 Å². The topological polar surface area (TPSA) is 85.0 Å². The van der Waals surface area contributed by atoms with Crippen molar-refractivity contribution in [3.63, 3.8) is 0 Å². The summed E-state index contributed by atoms with van der Waals surface area (Å²) < 4.78 is 10.9. The molecule has 1 saturated heterocycles. The van der Waals surface area contributed by atoms with Gasteiger partial charge in [0.2, 0.25) is 5.91 Å². The highest BCUT2D eigenvalue weighted by Gasteiger charge is 2.30. The second-order valence-electron chi connectivity index (χ2n) is 5.41. The Kier molecular flexibility index (Phi) is 3.98. The summed E-state index contributed by atoms with van der Waals surface area (Å²) in [6.07, 6.45) is 0.950. The van der Waals surface area contributed by atoms with Gasteiger partial charge in [0.15, 0.2) is 11.5 Å². The van der Waals surface area contributed by atoms with E-state index < -0.39 is 12.1 Å². The largest absolute Gasteiger partial charge is 0.486 e. The van der Waals surface area contributed by atoms with E-state index in [4.69, 9.17) is 15.2 Å². The molecule has 1 fully saturated rings. The van der Waals surface area contributed by atoms with Gasteiger partial charge in [0.1, 0.15) is 25.4 Å². The Bertz CT molecular complexity index is 528. The molecule has 6 nitrogen and oxygen atoms in total. The maximum atomic E-state index is 12.2. The Hall–Kier alpha value is -1.79. The number of likely N-dealkylation sites (tertiary alicyclic amines) is 1. The van der Waals surface area contributed by atoms with Crippen LogP contribution in [0.25, 0.3) is 0 Å². The van der Waals surface area contributed by atoms with E-state index in [0.29, 0.717) is 30.3 Å². The Balaban J connectivity index is 1.74. The lowest BCUT2D eigenvalue weighted by Crippen LogP contribution is -2.45. The molecule has 1 aromatic rings. The van der Waals surface area contributed by atoms with Gasteiger partial charge in [0.05, 0.1) is 0 Å². The molecule has 6 heteroatoms. The molecule has 0 aliphatic carbocycles. The number of benzene rings is 1. The van der Waals surface area contributed by atoms with Crippen molar-refractivity contribution in [3.8, 4) is 11.5 Å². The number of nitrogens with zero attached hydrogens (tertiary/aromatic N) is 1. The van der Waals surface area contributed by atoms with Gasteiger partial charge in [-0.25, -0.2) is 0 Å². The Morgan fingerprint density at radius 1 is 1.19 bits per heavy atom. The first-order valence-corrected chi connectivity index (χ1v) is 7.29. The number of hydrogen-bond donors (Lipinski definition) is 2. The van der Waals surface area contributed by atoms with Gasteiger partial charge in [-0.3, -0.25) is 4.79 Å². The van der Waals surface area contributed by atoms with E-state index >= 15 is 0 Å². The van der Waals surface area contributed by atoms with Crippen molar-refractivity contribution in [1.29, 1.82) is 0 Å². The quantitative estimate of drug-likeness (QED) is 0.844. The number of ether oxygens (including phenoxy) is 2. The summed E-state index contributed by atoms with van der Waals surface area (Å²) >= 11 is 0. The zero-order valence-corrected chi connectivity index (χ0v) is 11.8. The van der Waals surface area contributed by atoms with Crippen LogP contribution in [-0.2, 0) is 4.79 Å². The molecule has 1 aromatic carbocycles. The van der Waals surface area contributed by atoms with Gasteiger partial charge in [-0.1, -0.05) is 6.07 Å². The molecule has 2 heterocycles. The number of aliphatic hydroxyl groups excluding tert-OH is 1. The number of fused-ring (bicyclic) bond motifs is 1. The van der Waals surface area contributed by atoms with E-state index in [1.807, 2.05) is 0 Å². The van der Waals surface area contributed by atoms with Gasteiger partial charge in [-0.2, -0.15) is 0 Å². The van der Waals surface area contributed by atoms with Crippen molar-refractivity contribution in [3.05, 3.63) is 23.8 Å². The molecular formula is C15H20N2O4. The fraction of sp³-hybridized carbons (Fsp3) is 0.533. The van der Waals surface area contributed by atoms with Crippen LogP contribution < -0.4 is 15.2 Å². The van der Waals surface area contributed by atoms with Gasteiger partial charge < -0.3 is 25.2 Å². The molecule has 0 saturated carbocycles. The fourth-order valence-electron chi connectivity index (χ4n) is 2.73. The molecule has 2 atom stereocenters. The molecule has 21 heavy (non-hydrogen) atoms. The summed E-state index contributed by atoms with van der Waals surface area (Å²) in [5, 5.41) is 10.4. The third-order valence-corrected chi connectivity index (χ3v) is 3.95. The van der Waals surface area contributed by atoms with E-state index in [-0.39, 0.29) is 5.91 Å². The van der Waals surface area contributed by atoms with Crippen molar-refractivity contribution in [2.45, 2.75) is 25.0 Å². The van der Waals surface area contributed by atoms with Crippen LogP contribution in [0, 0.1) is 0 Å². The molecule has 0 radical (unpaired) electrons. The summed E-state index contributed by atoms with van der Waals surface area (Å²) in [5.41, 5.74) is 6.50. The standard InChI is InChI=1S/C15H20N2O4/c16-13(15(19)17-5-1-2-6-17)14(18)10-3-4-11-12(9-10)21-8-7-20-11/h3-4,9,13-14,18H,1-2,5-8,16H2/t13-,14?/m1/s1. The van der Waals surface area contributed by atoms with Crippen LogP contribution in [-0.4, -0.2) is 48.3 Å². The zero-order valence-electron chi connectivity index (χ0n) is 11.8. The van der Waals surface area contributed by atoms with Crippen LogP contribution in [0.3, 0.4) is 0 Å². The third kappa shape index (κ3) is 2.82. The number of nitrogens with two attached hydrogens (primary N) is 1. The highest BCUT2D eigenvalue weighted by Crippen LogP contribution is 2.33. The highest BCUT2D eigenvalue weighted by molar-refractivity contribution is 5.82. The van der Waals surface area contributed by atoms with E-state index in [1.54, 1.807) is 23.1 Å². The number of carbonyl (C=O) groups is 1. The lowest BCUT2D eigenvalue weighted by molar-refractivity contribution is -0.134. The molecule has 1 unspecified atom stereocenters. The number of rotatable bonds is 3. The summed E-state index contributed by atoms with van der Waals surface area (Å²) in [5.74, 6) is 1.03. The number of amides is 1. The van der Waals surface area contributed by atoms with Gasteiger partial charge >= 0.3 is 0 Å². The van der Waals surface area contributed by atoms with Gasteiger partial charge in [0, 0.05) is 13.1 Å². The molecule has 3 N–H and O–H groups in total. The number of carbonyl (C=O) groups excluding carboxylic acids is 1. The minimum atomic E-state index is -1.05. The molecule has 3 rings (SSSR count). The second kappa shape index (κ2) is 5.91. The van der Waals surface area contributed by atoms with Crippen molar-refractivity contribution in [2.24, 2.45) is 5.73 Å². The average molecular weight is 292 g/mol. The van der Waals surface area contributed by atoms with Gasteiger partial charge in [-0.15, -0.1) is 0 Å². The monoisotopic (exact) mass is 292 g/mol. The third-order valence-electron chi connectivity index (χ3n) is 3.95. The van der Waals surface area contributed by atoms with Crippen LogP contribution in [0.15, 0.2) is 18.2 Å². The molecule has 1 amide bonds. The molecule has 2 aliphatic rings. The molecule has 0 bridgehead atoms. The highest BCUT2D eigenvalue weighted by atomic mass is 16.6. The predicted octanol–water partition coefficient (Wildman–Crippen LogP) is 0.441. The molecule has 0 spiro atoms.